The molecular weight excluding hydrogens is 214 g/mol. The van der Waals surface area contributed by atoms with Gasteiger partial charge in [0.1, 0.15) is 0 Å². The van der Waals surface area contributed by atoms with Crippen LogP contribution in [0.15, 0.2) is 24.3 Å². The number of para-hydroxylation sites is 1. The molecule has 0 aromatic heterocycles. The molecule has 0 spiro atoms. The Morgan fingerprint density at radius 3 is 2.53 bits per heavy atom. The zero-order chi connectivity index (χ0) is 12.8. The number of ether oxygens (including phenoxy) is 1. The largest absolute Gasteiger partial charge is 0.459 e. The molecule has 1 aromatic rings. The van der Waals surface area contributed by atoms with E-state index in [1.165, 1.54) is 0 Å². The molecule has 0 aliphatic heterocycles. The Morgan fingerprint density at radius 2 is 1.94 bits per heavy atom. The van der Waals surface area contributed by atoms with Gasteiger partial charge in [-0.05, 0) is 39.3 Å². The molecule has 1 N–H and O–H groups in total. The van der Waals surface area contributed by atoms with Gasteiger partial charge in [-0.25, -0.2) is 4.79 Å². The van der Waals surface area contributed by atoms with E-state index in [9.17, 15) is 4.79 Å². The van der Waals surface area contributed by atoms with Gasteiger partial charge in [-0.15, -0.1) is 0 Å². The van der Waals surface area contributed by atoms with Gasteiger partial charge in [0, 0.05) is 11.7 Å². The first kappa shape index (κ1) is 13.6. The summed E-state index contributed by atoms with van der Waals surface area (Å²) in [7, 11) is 0. The summed E-state index contributed by atoms with van der Waals surface area (Å²) in [4.78, 5) is 11.9. The van der Waals surface area contributed by atoms with Crippen LogP contribution in [0.25, 0.3) is 0 Å². The monoisotopic (exact) mass is 235 g/mol. The third-order valence-corrected chi connectivity index (χ3v) is 2.50. The molecule has 1 aromatic carbocycles. The topological polar surface area (TPSA) is 38.3 Å². The van der Waals surface area contributed by atoms with Crippen molar-refractivity contribution in [3.63, 3.8) is 0 Å². The highest BCUT2D eigenvalue weighted by Gasteiger charge is 2.14. The molecule has 1 rings (SSSR count). The summed E-state index contributed by atoms with van der Waals surface area (Å²) >= 11 is 0. The van der Waals surface area contributed by atoms with E-state index in [2.05, 4.69) is 19.2 Å². The molecule has 0 saturated carbocycles. The molecule has 0 saturated heterocycles. The van der Waals surface area contributed by atoms with E-state index < -0.39 is 0 Å². The minimum absolute atomic E-state index is 0.0980. The number of esters is 1. The molecule has 3 nitrogen and oxygen atoms in total. The Hall–Kier alpha value is -1.51. The molecule has 3 heteroatoms. The molecule has 0 amide bonds. The highest BCUT2D eigenvalue weighted by molar-refractivity contribution is 5.95. The van der Waals surface area contributed by atoms with E-state index in [0.717, 1.165) is 12.1 Å². The van der Waals surface area contributed by atoms with Crippen molar-refractivity contribution in [1.82, 2.24) is 0 Å². The highest BCUT2D eigenvalue weighted by Crippen LogP contribution is 2.18. The van der Waals surface area contributed by atoms with Gasteiger partial charge in [0.15, 0.2) is 0 Å². The Labute approximate surface area is 103 Å². The fourth-order valence-electron chi connectivity index (χ4n) is 1.43. The summed E-state index contributed by atoms with van der Waals surface area (Å²) in [6, 6.07) is 7.79. The van der Waals surface area contributed by atoms with Gasteiger partial charge in [0.05, 0.1) is 11.7 Å². The Bertz CT molecular complexity index is 374. The second kappa shape index (κ2) is 6.28. The second-order valence-electron chi connectivity index (χ2n) is 4.45. The van der Waals surface area contributed by atoms with Crippen LogP contribution < -0.4 is 5.32 Å². The van der Waals surface area contributed by atoms with Crippen LogP contribution in [0.3, 0.4) is 0 Å². The van der Waals surface area contributed by atoms with Crippen molar-refractivity contribution in [3.8, 4) is 0 Å². The van der Waals surface area contributed by atoms with E-state index in [-0.39, 0.29) is 12.1 Å². The standard InChI is InChI=1S/C14H21NO2/c1-5-11(4)15-13-9-7-6-8-12(13)14(16)17-10(2)3/h6-11,15H,5H2,1-4H3. The van der Waals surface area contributed by atoms with Gasteiger partial charge >= 0.3 is 5.97 Å². The first-order chi connectivity index (χ1) is 8.04. The molecule has 1 atom stereocenters. The van der Waals surface area contributed by atoms with E-state index in [1.807, 2.05) is 32.0 Å². The second-order valence-corrected chi connectivity index (χ2v) is 4.45. The van der Waals surface area contributed by atoms with Crippen LogP contribution in [0.1, 0.15) is 44.5 Å². The summed E-state index contributed by atoms with van der Waals surface area (Å²) in [5.74, 6) is -0.272. The van der Waals surface area contributed by atoms with Crippen molar-refractivity contribution >= 4 is 11.7 Å². The maximum atomic E-state index is 11.9. The van der Waals surface area contributed by atoms with Crippen molar-refractivity contribution in [2.75, 3.05) is 5.32 Å². The number of hydrogen-bond acceptors (Lipinski definition) is 3. The van der Waals surface area contributed by atoms with E-state index in [0.29, 0.717) is 11.6 Å². The van der Waals surface area contributed by atoms with Crippen LogP contribution in [-0.4, -0.2) is 18.1 Å². The molecule has 94 valence electrons. The first-order valence-electron chi connectivity index (χ1n) is 6.11. The lowest BCUT2D eigenvalue weighted by Gasteiger charge is -2.16. The molecular formula is C14H21NO2. The predicted octanol–water partition coefficient (Wildman–Crippen LogP) is 3.46. The number of carbonyl (C=O) groups excluding carboxylic acids is 1. The molecule has 0 heterocycles. The van der Waals surface area contributed by atoms with Crippen LogP contribution in [-0.2, 0) is 4.74 Å². The van der Waals surface area contributed by atoms with Crippen molar-refractivity contribution < 1.29 is 9.53 Å². The summed E-state index contributed by atoms with van der Waals surface area (Å²) < 4.78 is 5.21. The summed E-state index contributed by atoms with van der Waals surface area (Å²) in [6.45, 7) is 7.89. The fraction of sp³-hybridized carbons (Fsp3) is 0.500. The summed E-state index contributed by atoms with van der Waals surface area (Å²) in [5.41, 5.74) is 1.44. The zero-order valence-electron chi connectivity index (χ0n) is 11.0. The number of carbonyl (C=O) groups is 1. The lowest BCUT2D eigenvalue weighted by Crippen LogP contribution is -2.18. The quantitative estimate of drug-likeness (QED) is 0.794. The van der Waals surface area contributed by atoms with Gasteiger partial charge in [-0.3, -0.25) is 0 Å². The molecule has 0 bridgehead atoms. The molecule has 1 unspecified atom stereocenters. The van der Waals surface area contributed by atoms with Crippen LogP contribution in [0, 0.1) is 0 Å². The van der Waals surface area contributed by atoms with E-state index in [1.54, 1.807) is 6.07 Å². The summed E-state index contributed by atoms with van der Waals surface area (Å²) in [6.07, 6.45) is 0.909. The smallest absolute Gasteiger partial charge is 0.340 e. The number of hydrogen-bond donors (Lipinski definition) is 1. The maximum absolute atomic E-state index is 11.9. The van der Waals surface area contributed by atoms with Crippen molar-refractivity contribution in [2.45, 2.75) is 46.3 Å². The minimum Gasteiger partial charge on any atom is -0.459 e. The number of anilines is 1. The van der Waals surface area contributed by atoms with Gasteiger partial charge in [-0.1, -0.05) is 19.1 Å². The Kier molecular flexibility index (Phi) is 5.01. The maximum Gasteiger partial charge on any atom is 0.340 e. The fourth-order valence-corrected chi connectivity index (χ4v) is 1.43. The highest BCUT2D eigenvalue weighted by atomic mass is 16.5. The number of rotatable bonds is 5. The molecule has 0 aliphatic rings. The average Bonchev–Trinajstić information content (AvgIpc) is 2.28. The van der Waals surface area contributed by atoms with Crippen molar-refractivity contribution in [2.24, 2.45) is 0 Å². The van der Waals surface area contributed by atoms with Gasteiger partial charge in [-0.2, -0.15) is 0 Å². The normalized spacial score (nSPS) is 12.3. The lowest BCUT2D eigenvalue weighted by atomic mass is 10.1. The average molecular weight is 235 g/mol. The predicted molar refractivity (Wildman–Crippen MR) is 70.4 cm³/mol. The van der Waals surface area contributed by atoms with Crippen LogP contribution >= 0.6 is 0 Å². The van der Waals surface area contributed by atoms with Gasteiger partial charge in [0.2, 0.25) is 0 Å². The molecule has 0 radical (unpaired) electrons. The molecule has 0 fully saturated rings. The zero-order valence-corrected chi connectivity index (χ0v) is 11.0. The molecule has 0 aliphatic carbocycles. The molecule has 17 heavy (non-hydrogen) atoms. The number of nitrogens with one attached hydrogen (secondary N) is 1. The van der Waals surface area contributed by atoms with Gasteiger partial charge in [0.25, 0.3) is 0 Å². The third-order valence-electron chi connectivity index (χ3n) is 2.50. The Morgan fingerprint density at radius 1 is 1.29 bits per heavy atom. The van der Waals surface area contributed by atoms with E-state index >= 15 is 0 Å². The van der Waals surface area contributed by atoms with Crippen molar-refractivity contribution in [1.29, 1.82) is 0 Å². The van der Waals surface area contributed by atoms with Crippen LogP contribution in [0.5, 0.6) is 0 Å². The summed E-state index contributed by atoms with van der Waals surface area (Å²) in [5, 5.41) is 3.31. The third kappa shape index (κ3) is 4.10. The van der Waals surface area contributed by atoms with Crippen LogP contribution in [0.2, 0.25) is 0 Å². The lowest BCUT2D eigenvalue weighted by molar-refractivity contribution is 0.0379. The van der Waals surface area contributed by atoms with Crippen LogP contribution in [0.4, 0.5) is 5.69 Å². The SMILES string of the molecule is CCC(C)Nc1ccccc1C(=O)OC(C)C. The Balaban J connectivity index is 2.87. The van der Waals surface area contributed by atoms with Crippen molar-refractivity contribution in [3.05, 3.63) is 29.8 Å². The van der Waals surface area contributed by atoms with E-state index in [4.69, 9.17) is 4.74 Å². The minimum atomic E-state index is -0.272. The van der Waals surface area contributed by atoms with Gasteiger partial charge < -0.3 is 10.1 Å². The number of benzene rings is 1. The first-order valence-corrected chi connectivity index (χ1v) is 6.11.